The van der Waals surface area contributed by atoms with Crippen LogP contribution < -0.4 is 25.0 Å². The zero-order chi connectivity index (χ0) is 18.5. The molecule has 0 bridgehead atoms. The minimum Gasteiger partial charge on any atom is -0.454 e. The molecule has 2 amide bonds. The second kappa shape index (κ2) is 7.77. The van der Waals surface area contributed by atoms with Crippen LogP contribution in [0.1, 0.15) is 20.7 Å². The van der Waals surface area contributed by atoms with E-state index in [1.165, 1.54) is 0 Å². The minimum atomic E-state index is -0.229. The topological polar surface area (TPSA) is 79.9 Å². The van der Waals surface area contributed by atoms with Gasteiger partial charge in [0.05, 0.1) is 0 Å². The van der Waals surface area contributed by atoms with E-state index in [0.29, 0.717) is 35.7 Å². The number of fused-ring (bicyclic) bond motifs is 1. The third-order valence-corrected chi connectivity index (χ3v) is 3.98. The number of nitrogens with zero attached hydrogens (tertiary/aromatic N) is 1. The molecular weight excluding hydrogens is 334 g/mol. The molecule has 1 aliphatic rings. The van der Waals surface area contributed by atoms with Crippen molar-refractivity contribution in [2.45, 2.75) is 0 Å². The summed E-state index contributed by atoms with van der Waals surface area (Å²) in [5.74, 6) is 0.793. The lowest BCUT2D eigenvalue weighted by Gasteiger charge is -2.12. The van der Waals surface area contributed by atoms with E-state index in [9.17, 15) is 9.59 Å². The molecule has 2 aromatic carbocycles. The Morgan fingerprint density at radius 2 is 1.46 bits per heavy atom. The molecule has 0 atom stereocenters. The fourth-order valence-corrected chi connectivity index (χ4v) is 2.50. The lowest BCUT2D eigenvalue weighted by Crippen LogP contribution is -2.34. The summed E-state index contributed by atoms with van der Waals surface area (Å²) in [7, 11) is 3.88. The Labute approximate surface area is 151 Å². The van der Waals surface area contributed by atoms with Crippen LogP contribution in [-0.4, -0.2) is 45.8 Å². The molecule has 0 radical (unpaired) electrons. The van der Waals surface area contributed by atoms with Gasteiger partial charge in [-0.05, 0) is 42.5 Å². The molecule has 7 nitrogen and oxygen atoms in total. The van der Waals surface area contributed by atoms with Crippen LogP contribution in [0.25, 0.3) is 0 Å². The van der Waals surface area contributed by atoms with Gasteiger partial charge in [0.1, 0.15) is 0 Å². The average Bonchev–Trinajstić information content (AvgIpc) is 3.12. The molecule has 0 unspecified atom stereocenters. The SMILES string of the molecule is CN(C)c1ccc(C(=O)NCCNC(=O)c2ccc3c(c2)OCO3)cc1. The quantitative estimate of drug-likeness (QED) is 0.770. The molecule has 136 valence electrons. The Kier molecular flexibility index (Phi) is 5.26. The maximum Gasteiger partial charge on any atom is 0.251 e. The van der Waals surface area contributed by atoms with Gasteiger partial charge in [-0.15, -0.1) is 0 Å². The highest BCUT2D eigenvalue weighted by Gasteiger charge is 2.16. The van der Waals surface area contributed by atoms with Gasteiger partial charge in [-0.25, -0.2) is 0 Å². The fourth-order valence-electron chi connectivity index (χ4n) is 2.50. The average molecular weight is 355 g/mol. The Bertz CT molecular complexity index is 803. The van der Waals surface area contributed by atoms with Crippen LogP contribution in [0.15, 0.2) is 42.5 Å². The van der Waals surface area contributed by atoms with E-state index in [2.05, 4.69) is 10.6 Å². The number of amides is 2. The van der Waals surface area contributed by atoms with Crippen molar-refractivity contribution in [1.82, 2.24) is 10.6 Å². The number of hydrogen-bond donors (Lipinski definition) is 2. The van der Waals surface area contributed by atoms with Crippen molar-refractivity contribution < 1.29 is 19.1 Å². The maximum absolute atomic E-state index is 12.1. The summed E-state index contributed by atoms with van der Waals surface area (Å²) in [6.07, 6.45) is 0. The smallest absolute Gasteiger partial charge is 0.251 e. The molecule has 1 heterocycles. The number of anilines is 1. The van der Waals surface area contributed by atoms with Crippen LogP contribution in [0, 0.1) is 0 Å². The van der Waals surface area contributed by atoms with E-state index < -0.39 is 0 Å². The van der Waals surface area contributed by atoms with E-state index >= 15 is 0 Å². The number of benzene rings is 2. The van der Waals surface area contributed by atoms with Crippen molar-refractivity contribution in [2.24, 2.45) is 0 Å². The van der Waals surface area contributed by atoms with Gasteiger partial charge in [0.15, 0.2) is 11.5 Å². The fraction of sp³-hybridized carbons (Fsp3) is 0.263. The second-order valence-corrected chi connectivity index (χ2v) is 6.02. The maximum atomic E-state index is 12.1. The molecular formula is C19H21N3O4. The highest BCUT2D eigenvalue weighted by atomic mass is 16.7. The Morgan fingerprint density at radius 3 is 2.12 bits per heavy atom. The Balaban J connectivity index is 1.44. The summed E-state index contributed by atoms with van der Waals surface area (Å²) in [5.41, 5.74) is 2.09. The Hall–Kier alpha value is -3.22. The zero-order valence-corrected chi connectivity index (χ0v) is 14.7. The van der Waals surface area contributed by atoms with Crippen molar-refractivity contribution in [2.75, 3.05) is 38.9 Å². The van der Waals surface area contributed by atoms with Crippen molar-refractivity contribution in [3.05, 3.63) is 53.6 Å². The number of hydrogen-bond acceptors (Lipinski definition) is 5. The third kappa shape index (κ3) is 4.05. The van der Waals surface area contributed by atoms with E-state index in [1.54, 1.807) is 30.3 Å². The van der Waals surface area contributed by atoms with Gasteiger partial charge in [-0.2, -0.15) is 0 Å². The van der Waals surface area contributed by atoms with Gasteiger partial charge in [-0.3, -0.25) is 9.59 Å². The van der Waals surface area contributed by atoms with Crippen LogP contribution in [-0.2, 0) is 0 Å². The van der Waals surface area contributed by atoms with E-state index in [-0.39, 0.29) is 18.6 Å². The van der Waals surface area contributed by atoms with Gasteiger partial charge in [-0.1, -0.05) is 0 Å². The van der Waals surface area contributed by atoms with Crippen LogP contribution >= 0.6 is 0 Å². The number of nitrogens with one attached hydrogen (secondary N) is 2. The molecule has 3 rings (SSSR count). The van der Waals surface area contributed by atoms with Crippen LogP contribution in [0.3, 0.4) is 0 Å². The first-order valence-electron chi connectivity index (χ1n) is 8.28. The molecule has 0 spiro atoms. The highest BCUT2D eigenvalue weighted by molar-refractivity contribution is 5.95. The van der Waals surface area contributed by atoms with Gasteiger partial charge >= 0.3 is 0 Å². The highest BCUT2D eigenvalue weighted by Crippen LogP contribution is 2.32. The van der Waals surface area contributed by atoms with Crippen molar-refractivity contribution >= 4 is 17.5 Å². The molecule has 26 heavy (non-hydrogen) atoms. The number of ether oxygens (including phenoxy) is 2. The minimum absolute atomic E-state index is 0.169. The summed E-state index contributed by atoms with van der Waals surface area (Å²) in [6.45, 7) is 0.835. The van der Waals surface area contributed by atoms with Crippen LogP contribution in [0.5, 0.6) is 11.5 Å². The zero-order valence-electron chi connectivity index (χ0n) is 14.7. The molecule has 2 N–H and O–H groups in total. The third-order valence-electron chi connectivity index (χ3n) is 3.98. The van der Waals surface area contributed by atoms with Gasteiger partial charge in [0.25, 0.3) is 11.8 Å². The predicted octanol–water partition coefficient (Wildman–Crippen LogP) is 1.64. The van der Waals surface area contributed by atoms with Crippen molar-refractivity contribution in [3.63, 3.8) is 0 Å². The summed E-state index contributed by atoms with van der Waals surface area (Å²) < 4.78 is 10.5. The van der Waals surface area contributed by atoms with Crippen molar-refractivity contribution in [1.29, 1.82) is 0 Å². The lowest BCUT2D eigenvalue weighted by molar-refractivity contribution is 0.0927. The molecule has 0 saturated carbocycles. The Morgan fingerprint density at radius 1 is 0.885 bits per heavy atom. The molecule has 7 heteroatoms. The standard InChI is InChI=1S/C19H21N3O4/c1-22(2)15-6-3-13(4-7-15)18(23)20-9-10-21-19(24)14-5-8-16-17(11-14)26-12-25-16/h3-8,11H,9-10,12H2,1-2H3,(H,20,23)(H,21,24). The molecule has 0 fully saturated rings. The van der Waals surface area contributed by atoms with E-state index in [1.807, 2.05) is 31.1 Å². The van der Waals surface area contributed by atoms with Crippen LogP contribution in [0.4, 0.5) is 5.69 Å². The number of carbonyl (C=O) groups is 2. The van der Waals surface area contributed by atoms with Crippen LogP contribution in [0.2, 0.25) is 0 Å². The van der Waals surface area contributed by atoms with Gasteiger partial charge < -0.3 is 25.0 Å². The first kappa shape index (κ1) is 17.6. The van der Waals surface area contributed by atoms with Gasteiger partial charge in [0, 0.05) is 44.0 Å². The first-order chi connectivity index (χ1) is 12.5. The summed E-state index contributed by atoms with van der Waals surface area (Å²) in [4.78, 5) is 26.2. The normalized spacial score (nSPS) is 11.8. The molecule has 0 aromatic heterocycles. The largest absolute Gasteiger partial charge is 0.454 e. The summed E-state index contributed by atoms with van der Waals surface area (Å²) in [6, 6.07) is 12.3. The molecule has 1 aliphatic heterocycles. The number of carbonyl (C=O) groups excluding carboxylic acids is 2. The van der Waals surface area contributed by atoms with E-state index in [4.69, 9.17) is 9.47 Å². The second-order valence-electron chi connectivity index (χ2n) is 6.02. The number of rotatable bonds is 6. The molecule has 0 saturated heterocycles. The lowest BCUT2D eigenvalue weighted by atomic mass is 10.2. The summed E-state index contributed by atoms with van der Waals surface area (Å²) >= 11 is 0. The van der Waals surface area contributed by atoms with Gasteiger partial charge in [0.2, 0.25) is 6.79 Å². The predicted molar refractivity (Wildman–Crippen MR) is 98.0 cm³/mol. The van der Waals surface area contributed by atoms with E-state index in [0.717, 1.165) is 5.69 Å². The molecule has 0 aliphatic carbocycles. The monoisotopic (exact) mass is 355 g/mol. The summed E-state index contributed by atoms with van der Waals surface area (Å²) in [5, 5.41) is 5.55. The molecule has 2 aromatic rings. The van der Waals surface area contributed by atoms with Crippen molar-refractivity contribution in [3.8, 4) is 11.5 Å². The first-order valence-corrected chi connectivity index (χ1v) is 8.28.